The van der Waals surface area contributed by atoms with Crippen LogP contribution in [-0.4, -0.2) is 55.2 Å². The van der Waals surface area contributed by atoms with Gasteiger partial charge in [-0.1, -0.05) is 133 Å². The van der Waals surface area contributed by atoms with Gasteiger partial charge in [0.15, 0.2) is 0 Å². The summed E-state index contributed by atoms with van der Waals surface area (Å²) >= 11 is 13.1. The first-order chi connectivity index (χ1) is 24.3. The Bertz CT molecular complexity index is 1820. The smallest absolute Gasteiger partial charge is 0.267 e. The maximum atomic E-state index is 13.3. The Morgan fingerprint density at radius 2 is 0.860 bits per heavy atom. The lowest BCUT2D eigenvalue weighted by molar-refractivity contribution is -0.124. The second kappa shape index (κ2) is 16.4. The molecule has 0 atom stereocenters. The standard InChI is InChI=1S/C38H32N4O4S4/c43-31(39-29-19-15-27(16-20-29)25-9-3-1-4-10-25)13-7-23-41-35(45)33(49-37(41)47)34-36(46)42(38(48)50-34)24-8-14-32(44)40-30-21-17-28(18-22-30)26-11-5-2-6-12-26/h1-6,9-12,15-22H,7-8,13-14,23-24H2,(H,39,43)(H,40,44)/b34-33+. The van der Waals surface area contributed by atoms with Crippen LogP contribution in [0, 0.1) is 0 Å². The van der Waals surface area contributed by atoms with Crippen LogP contribution >= 0.6 is 48.0 Å². The fourth-order valence-electron chi connectivity index (χ4n) is 5.45. The Labute approximate surface area is 309 Å². The first kappa shape index (κ1) is 35.2. The minimum Gasteiger partial charge on any atom is -0.326 e. The number of carbonyl (C=O) groups excluding carboxylic acids is 4. The van der Waals surface area contributed by atoms with Crippen LogP contribution < -0.4 is 10.6 Å². The number of hydrogen-bond acceptors (Lipinski definition) is 8. The van der Waals surface area contributed by atoms with Gasteiger partial charge in [-0.2, -0.15) is 0 Å². The summed E-state index contributed by atoms with van der Waals surface area (Å²) in [5.41, 5.74) is 5.68. The second-order valence-electron chi connectivity index (χ2n) is 11.5. The Balaban J connectivity index is 0.953. The summed E-state index contributed by atoms with van der Waals surface area (Å²) < 4.78 is 0.668. The van der Waals surface area contributed by atoms with Gasteiger partial charge >= 0.3 is 0 Å². The molecule has 0 aliphatic carbocycles. The van der Waals surface area contributed by atoms with Crippen molar-refractivity contribution in [3.8, 4) is 22.3 Å². The third-order valence-electron chi connectivity index (χ3n) is 8.03. The topological polar surface area (TPSA) is 98.8 Å². The van der Waals surface area contributed by atoms with Crippen LogP contribution in [0.1, 0.15) is 25.7 Å². The number of nitrogens with zero attached hydrogens (tertiary/aromatic N) is 2. The average Bonchev–Trinajstić information content (AvgIpc) is 3.57. The Kier molecular flexibility index (Phi) is 11.5. The van der Waals surface area contributed by atoms with Crippen molar-refractivity contribution in [1.29, 1.82) is 0 Å². The summed E-state index contributed by atoms with van der Waals surface area (Å²) in [6.45, 7) is 0.498. The van der Waals surface area contributed by atoms with Crippen molar-refractivity contribution >= 4 is 91.6 Å². The predicted molar refractivity (Wildman–Crippen MR) is 210 cm³/mol. The van der Waals surface area contributed by atoms with E-state index in [9.17, 15) is 19.2 Å². The molecular formula is C38H32N4O4S4. The molecule has 0 unspecified atom stereocenters. The van der Waals surface area contributed by atoms with Gasteiger partial charge in [-0.15, -0.1) is 0 Å². The first-order valence-electron chi connectivity index (χ1n) is 16.0. The first-order valence-corrected chi connectivity index (χ1v) is 18.4. The molecule has 8 nitrogen and oxygen atoms in total. The van der Waals surface area contributed by atoms with E-state index in [0.29, 0.717) is 32.9 Å². The van der Waals surface area contributed by atoms with Crippen molar-refractivity contribution in [2.24, 2.45) is 0 Å². The van der Waals surface area contributed by atoms with Crippen molar-refractivity contribution in [3.63, 3.8) is 0 Å². The van der Waals surface area contributed by atoms with E-state index in [1.54, 1.807) is 0 Å². The highest BCUT2D eigenvalue weighted by Crippen LogP contribution is 2.42. The van der Waals surface area contributed by atoms with E-state index in [0.717, 1.165) is 45.8 Å². The number of thioether (sulfide) groups is 2. The van der Waals surface area contributed by atoms with E-state index in [2.05, 4.69) is 10.6 Å². The molecule has 4 aromatic carbocycles. The highest BCUT2D eigenvalue weighted by Gasteiger charge is 2.41. The zero-order chi connectivity index (χ0) is 35.0. The van der Waals surface area contributed by atoms with Gasteiger partial charge in [0, 0.05) is 37.3 Å². The van der Waals surface area contributed by atoms with Crippen molar-refractivity contribution in [3.05, 3.63) is 119 Å². The Hall–Kier alpha value is -4.62. The van der Waals surface area contributed by atoms with Crippen LogP contribution in [-0.2, 0) is 19.2 Å². The van der Waals surface area contributed by atoms with Gasteiger partial charge in [0.25, 0.3) is 11.8 Å². The maximum Gasteiger partial charge on any atom is 0.267 e. The van der Waals surface area contributed by atoms with Crippen molar-refractivity contribution in [2.45, 2.75) is 25.7 Å². The molecule has 0 spiro atoms. The number of anilines is 2. The fourth-order valence-corrected chi connectivity index (χ4v) is 8.22. The number of nitrogens with one attached hydrogen (secondary N) is 2. The predicted octanol–water partition coefficient (Wildman–Crippen LogP) is 8.09. The lowest BCUT2D eigenvalue weighted by Gasteiger charge is -2.15. The summed E-state index contributed by atoms with van der Waals surface area (Å²) in [6, 6.07) is 35.2. The number of carbonyl (C=O) groups is 4. The molecule has 4 aromatic rings. The molecule has 252 valence electrons. The fraction of sp³-hybridized carbons (Fsp3) is 0.158. The third-order valence-corrected chi connectivity index (χ3v) is 11.1. The summed E-state index contributed by atoms with van der Waals surface area (Å²) in [5.74, 6) is -1.07. The summed E-state index contributed by atoms with van der Waals surface area (Å²) in [5, 5.41) is 5.80. The molecule has 0 saturated carbocycles. The molecule has 2 N–H and O–H groups in total. The molecule has 2 aliphatic rings. The van der Waals surface area contributed by atoms with Gasteiger partial charge in [0.2, 0.25) is 11.8 Å². The number of rotatable bonds is 12. The van der Waals surface area contributed by atoms with Gasteiger partial charge in [0.1, 0.15) is 8.64 Å². The summed E-state index contributed by atoms with van der Waals surface area (Å²) in [7, 11) is 0. The number of thiocarbonyl (C=S) groups is 2. The molecule has 2 saturated heterocycles. The lowest BCUT2D eigenvalue weighted by atomic mass is 10.1. The highest BCUT2D eigenvalue weighted by atomic mass is 32.2. The zero-order valence-corrected chi connectivity index (χ0v) is 30.1. The molecule has 0 bridgehead atoms. The molecule has 0 aromatic heterocycles. The monoisotopic (exact) mass is 736 g/mol. The van der Waals surface area contributed by atoms with Gasteiger partial charge in [-0.05, 0) is 59.4 Å². The average molecular weight is 737 g/mol. The van der Waals surface area contributed by atoms with Crippen molar-refractivity contribution < 1.29 is 19.2 Å². The Morgan fingerprint density at radius 1 is 0.520 bits per heavy atom. The molecule has 50 heavy (non-hydrogen) atoms. The van der Waals surface area contributed by atoms with E-state index in [1.807, 2.05) is 109 Å². The van der Waals surface area contributed by atoms with E-state index in [4.69, 9.17) is 24.4 Å². The molecule has 4 amide bonds. The van der Waals surface area contributed by atoms with Crippen molar-refractivity contribution in [1.82, 2.24) is 9.80 Å². The van der Waals surface area contributed by atoms with Gasteiger partial charge in [0.05, 0.1) is 9.81 Å². The third kappa shape index (κ3) is 8.56. The van der Waals surface area contributed by atoms with E-state index >= 15 is 0 Å². The second-order valence-corrected chi connectivity index (χ2v) is 14.8. The largest absolute Gasteiger partial charge is 0.326 e. The zero-order valence-electron chi connectivity index (χ0n) is 26.8. The molecule has 2 aliphatic heterocycles. The van der Waals surface area contributed by atoms with Gasteiger partial charge < -0.3 is 10.6 Å². The summed E-state index contributed by atoms with van der Waals surface area (Å²) in [4.78, 5) is 55.3. The molecule has 12 heteroatoms. The summed E-state index contributed by atoms with van der Waals surface area (Å²) in [6.07, 6.45) is 1.19. The van der Waals surface area contributed by atoms with E-state index in [-0.39, 0.29) is 59.4 Å². The number of benzene rings is 4. The van der Waals surface area contributed by atoms with Crippen LogP contribution in [0.2, 0.25) is 0 Å². The molecule has 0 radical (unpaired) electrons. The van der Waals surface area contributed by atoms with Crippen LogP contribution in [0.15, 0.2) is 119 Å². The highest BCUT2D eigenvalue weighted by molar-refractivity contribution is 8.29. The minimum atomic E-state index is -0.366. The van der Waals surface area contributed by atoms with Crippen LogP contribution in [0.25, 0.3) is 22.3 Å². The van der Waals surface area contributed by atoms with Crippen LogP contribution in [0.4, 0.5) is 11.4 Å². The molecular weight excluding hydrogens is 705 g/mol. The number of amides is 4. The molecule has 6 rings (SSSR count). The quantitative estimate of drug-likeness (QED) is 0.111. The normalized spacial score (nSPS) is 15.9. The minimum absolute atomic E-state index is 0.168. The van der Waals surface area contributed by atoms with Crippen LogP contribution in [0.3, 0.4) is 0 Å². The van der Waals surface area contributed by atoms with Crippen molar-refractivity contribution in [2.75, 3.05) is 23.7 Å². The number of hydrogen-bond donors (Lipinski definition) is 2. The van der Waals surface area contributed by atoms with E-state index < -0.39 is 0 Å². The lowest BCUT2D eigenvalue weighted by Crippen LogP contribution is -2.31. The van der Waals surface area contributed by atoms with Crippen LogP contribution in [0.5, 0.6) is 0 Å². The SMILES string of the molecule is O=C(CCCN1C(=O)/C(=C2\SC(=S)N(CCCC(=O)Nc3ccc(-c4ccccc4)cc3)C2=O)SC1=S)Nc1ccc(-c2ccccc2)cc1. The van der Waals surface area contributed by atoms with Gasteiger partial charge in [-0.25, -0.2) is 0 Å². The maximum absolute atomic E-state index is 13.3. The van der Waals surface area contributed by atoms with Gasteiger partial charge in [-0.3, -0.25) is 29.0 Å². The molecule has 2 fully saturated rings. The van der Waals surface area contributed by atoms with E-state index in [1.165, 1.54) is 9.80 Å². The molecule has 2 heterocycles. The Morgan fingerprint density at radius 3 is 1.22 bits per heavy atom.